The molecule has 0 amide bonds. The maximum Gasteiger partial charge on any atom is 0.338 e. The zero-order valence-corrected chi connectivity index (χ0v) is 35.0. The van der Waals surface area contributed by atoms with Gasteiger partial charge in [0.05, 0.1) is 11.1 Å². The summed E-state index contributed by atoms with van der Waals surface area (Å²) in [5.41, 5.74) is 2.73. The van der Waals surface area contributed by atoms with Crippen LogP contribution in [0.1, 0.15) is 56.3 Å². The molecular weight excluding hydrogens is 825 g/mol. The van der Waals surface area contributed by atoms with Gasteiger partial charge in [0.25, 0.3) is 0 Å². The van der Waals surface area contributed by atoms with E-state index in [1.807, 2.05) is 0 Å². The number of hydrogen-bond donors (Lipinski definition) is 0. The first-order valence-corrected chi connectivity index (χ1v) is 19.7. The van der Waals surface area contributed by atoms with Gasteiger partial charge in [-0.3, -0.25) is 4.79 Å². The number of carbonyl (C=O) groups excluding carboxylic acids is 6. The number of esters is 6. The topological polar surface area (TPSA) is 176 Å². The Morgan fingerprint density at radius 3 is 1.14 bits per heavy atom. The Labute approximate surface area is 370 Å². The summed E-state index contributed by atoms with van der Waals surface area (Å²) in [4.78, 5) is 73.2. The van der Waals surface area contributed by atoms with Crippen molar-refractivity contribution >= 4 is 35.8 Å². The number of rotatable bonds is 21. The van der Waals surface area contributed by atoms with Gasteiger partial charge in [-0.1, -0.05) is 62.5 Å². The van der Waals surface area contributed by atoms with Crippen molar-refractivity contribution in [3.63, 3.8) is 0 Å². The summed E-state index contributed by atoms with van der Waals surface area (Å²) in [6, 6.07) is 23.3. The van der Waals surface area contributed by atoms with Crippen LogP contribution in [0.2, 0.25) is 0 Å². The van der Waals surface area contributed by atoms with E-state index in [2.05, 4.69) is 43.4 Å². The van der Waals surface area contributed by atoms with Crippen LogP contribution in [0.4, 0.5) is 0 Å². The van der Waals surface area contributed by atoms with Gasteiger partial charge in [-0.2, -0.15) is 0 Å². The minimum atomic E-state index is -0.803. The summed E-state index contributed by atoms with van der Waals surface area (Å²) in [5.74, 6) is 9.40. The smallest absolute Gasteiger partial charge is 0.338 e. The maximum atomic E-state index is 13.7. The van der Waals surface area contributed by atoms with Gasteiger partial charge in [0.1, 0.15) is 64.4 Å². The Morgan fingerprint density at radius 2 is 0.766 bits per heavy atom. The molecule has 0 aliphatic heterocycles. The lowest BCUT2D eigenvalue weighted by Gasteiger charge is -2.15. The van der Waals surface area contributed by atoms with Gasteiger partial charge in [0.15, 0.2) is 0 Å². The highest BCUT2D eigenvalue weighted by atomic mass is 16.6. The van der Waals surface area contributed by atoms with Crippen molar-refractivity contribution in [1.29, 1.82) is 0 Å². The average molecular weight is 869 g/mol. The van der Waals surface area contributed by atoms with Gasteiger partial charge in [-0.05, 0) is 83.9 Å². The summed E-state index contributed by atoms with van der Waals surface area (Å²) in [6.45, 7) is 11.2. The molecule has 0 aliphatic carbocycles. The molecule has 64 heavy (non-hydrogen) atoms. The van der Waals surface area contributed by atoms with E-state index >= 15 is 0 Å². The largest absolute Gasteiger partial charge is 0.490 e. The lowest BCUT2D eigenvalue weighted by Crippen LogP contribution is -2.15. The van der Waals surface area contributed by atoms with Crippen molar-refractivity contribution in [1.82, 2.24) is 0 Å². The third-order valence-corrected chi connectivity index (χ3v) is 8.30. The van der Waals surface area contributed by atoms with E-state index in [-0.39, 0.29) is 87.5 Å². The van der Waals surface area contributed by atoms with Crippen LogP contribution in [0.5, 0.6) is 11.5 Å². The first-order valence-electron chi connectivity index (χ1n) is 19.7. The van der Waals surface area contributed by atoms with Crippen molar-refractivity contribution in [2.75, 3.05) is 52.9 Å². The minimum absolute atomic E-state index is 0.0291. The fourth-order valence-electron chi connectivity index (χ4n) is 5.21. The van der Waals surface area contributed by atoms with Crippen molar-refractivity contribution in [2.45, 2.75) is 13.3 Å². The number of ether oxygens (including phenoxy) is 8. The van der Waals surface area contributed by atoms with Crippen LogP contribution < -0.4 is 9.47 Å². The molecule has 0 heterocycles. The fourth-order valence-corrected chi connectivity index (χ4v) is 5.21. The molecule has 0 unspecified atom stereocenters. The number of hydrogen-bond acceptors (Lipinski definition) is 14. The summed E-state index contributed by atoms with van der Waals surface area (Å²) >= 11 is 0. The Morgan fingerprint density at radius 1 is 0.438 bits per heavy atom. The van der Waals surface area contributed by atoms with Crippen molar-refractivity contribution in [2.24, 2.45) is 0 Å². The van der Waals surface area contributed by atoms with Crippen LogP contribution in [-0.2, 0) is 47.6 Å². The van der Waals surface area contributed by atoms with E-state index in [0.717, 1.165) is 18.2 Å². The van der Waals surface area contributed by atoms with Gasteiger partial charge >= 0.3 is 35.8 Å². The highest BCUT2D eigenvalue weighted by Gasteiger charge is 2.22. The molecule has 0 spiro atoms. The Kier molecular flexibility index (Phi) is 19.7. The van der Waals surface area contributed by atoms with E-state index in [1.165, 1.54) is 12.1 Å². The molecule has 4 rings (SSSR count). The Balaban J connectivity index is 1.65. The third-order valence-electron chi connectivity index (χ3n) is 8.30. The summed E-state index contributed by atoms with van der Waals surface area (Å²) in [5, 5.41) is 0. The predicted octanol–water partition coefficient (Wildman–Crippen LogP) is 6.37. The van der Waals surface area contributed by atoms with Gasteiger partial charge in [0.2, 0.25) is 0 Å². The van der Waals surface area contributed by atoms with Gasteiger partial charge in [0, 0.05) is 46.9 Å². The van der Waals surface area contributed by atoms with Crippen LogP contribution in [-0.4, -0.2) is 88.7 Å². The monoisotopic (exact) mass is 868 g/mol. The molecule has 14 nitrogen and oxygen atoms in total. The van der Waals surface area contributed by atoms with Crippen molar-refractivity contribution < 1.29 is 66.7 Å². The highest BCUT2D eigenvalue weighted by molar-refractivity contribution is 6.04. The Hall–Kier alpha value is -8.36. The summed E-state index contributed by atoms with van der Waals surface area (Å²) in [6.07, 6.45) is 3.30. The highest BCUT2D eigenvalue weighted by Crippen LogP contribution is 2.30. The lowest BCUT2D eigenvalue weighted by molar-refractivity contribution is -0.144. The molecule has 14 heteroatoms. The van der Waals surface area contributed by atoms with E-state index < -0.39 is 29.8 Å². The molecule has 0 fully saturated rings. The van der Waals surface area contributed by atoms with E-state index in [0.29, 0.717) is 33.8 Å². The van der Waals surface area contributed by atoms with Gasteiger partial charge in [-0.25, -0.2) is 24.0 Å². The second-order valence-electron chi connectivity index (χ2n) is 12.7. The van der Waals surface area contributed by atoms with E-state index in [1.54, 1.807) is 79.7 Å². The summed E-state index contributed by atoms with van der Waals surface area (Å²) < 4.78 is 42.0. The van der Waals surface area contributed by atoms with Gasteiger partial charge < -0.3 is 37.9 Å². The predicted molar refractivity (Wildman–Crippen MR) is 233 cm³/mol. The molecule has 4 aromatic rings. The zero-order chi connectivity index (χ0) is 46.1. The average Bonchev–Trinajstić information content (AvgIpc) is 3.33. The van der Waals surface area contributed by atoms with Crippen LogP contribution in [0.15, 0.2) is 123 Å². The SMILES string of the molecule is C=CC(=O)OCCOC(=O)c1cc(C#Cc2ccc(OCCOC(=O)C=C)cc2)ccc1-c1ccc(C#Cc2ccc(OCCOC(=O)CC)cc2)cc1C(=O)OCCOC(=O)C=C. The number of carbonyl (C=O) groups is 6. The molecule has 0 atom stereocenters. The maximum absolute atomic E-state index is 13.7. The molecule has 0 bridgehead atoms. The summed E-state index contributed by atoms with van der Waals surface area (Å²) in [7, 11) is 0. The fraction of sp³-hybridized carbons (Fsp3) is 0.200. The number of benzene rings is 4. The normalized spacial score (nSPS) is 9.89. The van der Waals surface area contributed by atoms with Crippen LogP contribution in [0.25, 0.3) is 11.1 Å². The Bertz CT molecular complexity index is 2460. The molecule has 0 saturated carbocycles. The van der Waals surface area contributed by atoms with E-state index in [4.69, 9.17) is 37.9 Å². The molecule has 0 aliphatic rings. The zero-order valence-electron chi connectivity index (χ0n) is 35.0. The van der Waals surface area contributed by atoms with Crippen molar-refractivity contribution in [3.8, 4) is 46.3 Å². The minimum Gasteiger partial charge on any atom is -0.490 e. The molecule has 328 valence electrons. The van der Waals surface area contributed by atoms with Crippen LogP contribution in [0.3, 0.4) is 0 Å². The molecular formula is C50H44O14. The van der Waals surface area contributed by atoms with Gasteiger partial charge in [-0.15, -0.1) is 0 Å². The van der Waals surface area contributed by atoms with Crippen LogP contribution in [0, 0.1) is 23.7 Å². The quantitative estimate of drug-likeness (QED) is 0.0297. The first-order chi connectivity index (χ1) is 31.0. The third kappa shape index (κ3) is 16.2. The van der Waals surface area contributed by atoms with Crippen LogP contribution >= 0.6 is 0 Å². The second-order valence-corrected chi connectivity index (χ2v) is 12.7. The van der Waals surface area contributed by atoms with E-state index in [9.17, 15) is 28.8 Å². The second kappa shape index (κ2) is 26.1. The molecule has 0 aromatic heterocycles. The molecule has 4 aromatic carbocycles. The molecule has 0 saturated heterocycles. The first kappa shape index (κ1) is 48.3. The molecule has 0 radical (unpaired) electrons. The standard InChI is InChI=1S/C50H44O14/c1-5-45(51)59-27-25-57-39-19-13-35(14-20-39)9-11-37-17-23-41(43(33-37)49(55)63-31-29-61-47(53)7-3)42-24-18-38(34-44(42)50(56)64-32-30-62-48(54)8-4)12-10-36-15-21-40(22-16-36)58-26-28-60-46(52)6-2/h5,7-8,13-24,33-34H,1,3-4,6,25-32H2,2H3. The van der Waals surface area contributed by atoms with Crippen molar-refractivity contribution in [3.05, 3.63) is 156 Å². The molecule has 0 N–H and O–H groups in total. The lowest BCUT2D eigenvalue weighted by atomic mass is 9.92.